The molecule has 1 aromatic rings. The number of aliphatic hydroxyl groups excluding tert-OH is 1. The number of aliphatic hydroxyl groups is 1. The number of nitrogens with zero attached hydrogens (tertiary/aromatic N) is 1. The van der Waals surface area contributed by atoms with Gasteiger partial charge in [0.25, 0.3) is 0 Å². The molecule has 2 N–H and O–H groups in total. The third-order valence-corrected chi connectivity index (χ3v) is 3.50. The zero-order chi connectivity index (χ0) is 12.7. The van der Waals surface area contributed by atoms with Crippen LogP contribution in [0.5, 0.6) is 0 Å². The first-order valence-electron chi connectivity index (χ1n) is 6.28. The maximum atomic E-state index is 9.93. The van der Waals surface area contributed by atoms with Gasteiger partial charge in [0, 0.05) is 30.6 Å². The number of likely N-dealkylation sites (N-methyl/N-ethyl adjacent to an activating group) is 1. The molecule has 3 nitrogen and oxygen atoms in total. The van der Waals surface area contributed by atoms with Crippen LogP contribution < -0.4 is 5.32 Å². The lowest BCUT2D eigenvalue weighted by Crippen LogP contribution is -2.39. The molecule has 0 fully saturated rings. The maximum Gasteiger partial charge on any atom is 0.0791 e. The van der Waals surface area contributed by atoms with Gasteiger partial charge in [0.15, 0.2) is 0 Å². The van der Waals surface area contributed by atoms with Crippen molar-refractivity contribution < 1.29 is 5.11 Å². The summed E-state index contributed by atoms with van der Waals surface area (Å²) in [7, 11) is 0. The molecule has 0 saturated carbocycles. The second kappa shape index (κ2) is 7.82. The van der Waals surface area contributed by atoms with Gasteiger partial charge < -0.3 is 10.4 Å². The zero-order valence-corrected chi connectivity index (χ0v) is 11.8. The van der Waals surface area contributed by atoms with Gasteiger partial charge >= 0.3 is 0 Å². The lowest BCUT2D eigenvalue weighted by molar-refractivity contribution is 0.109. The van der Waals surface area contributed by atoms with Gasteiger partial charge in [-0.3, -0.25) is 4.90 Å². The zero-order valence-electron chi connectivity index (χ0n) is 11.0. The van der Waals surface area contributed by atoms with Crippen molar-refractivity contribution in [2.24, 2.45) is 0 Å². The number of thiophene rings is 1. The molecule has 0 amide bonds. The average Bonchev–Trinajstić information content (AvgIpc) is 2.78. The molecule has 0 aliphatic heterocycles. The molecular formula is C13H24N2OS. The summed E-state index contributed by atoms with van der Waals surface area (Å²) in [5.41, 5.74) is 0. The molecule has 0 saturated heterocycles. The Hall–Kier alpha value is -0.420. The van der Waals surface area contributed by atoms with Crippen molar-refractivity contribution >= 4 is 11.3 Å². The van der Waals surface area contributed by atoms with Crippen LogP contribution in [-0.2, 0) is 6.54 Å². The molecule has 0 bridgehead atoms. The Labute approximate surface area is 108 Å². The van der Waals surface area contributed by atoms with E-state index in [4.69, 9.17) is 0 Å². The van der Waals surface area contributed by atoms with E-state index in [0.29, 0.717) is 12.6 Å². The van der Waals surface area contributed by atoms with E-state index in [1.54, 1.807) is 11.3 Å². The smallest absolute Gasteiger partial charge is 0.0791 e. The molecule has 0 aromatic carbocycles. The van der Waals surface area contributed by atoms with Crippen LogP contribution in [0.4, 0.5) is 0 Å². The first kappa shape index (κ1) is 14.6. The highest BCUT2D eigenvalue weighted by atomic mass is 32.1. The van der Waals surface area contributed by atoms with Crippen LogP contribution in [0.3, 0.4) is 0 Å². The number of hydrogen-bond acceptors (Lipinski definition) is 4. The number of nitrogens with one attached hydrogen (secondary N) is 1. The maximum absolute atomic E-state index is 9.93. The fourth-order valence-corrected chi connectivity index (χ4v) is 2.41. The summed E-state index contributed by atoms with van der Waals surface area (Å²) in [6, 6.07) is 4.65. The summed E-state index contributed by atoms with van der Waals surface area (Å²) in [5, 5.41) is 15.3. The largest absolute Gasteiger partial charge is 0.390 e. The Kier molecular flexibility index (Phi) is 6.73. The van der Waals surface area contributed by atoms with Crippen LogP contribution in [0.2, 0.25) is 0 Å². The molecule has 17 heavy (non-hydrogen) atoms. The van der Waals surface area contributed by atoms with Crippen molar-refractivity contribution in [3.05, 3.63) is 22.4 Å². The summed E-state index contributed by atoms with van der Waals surface area (Å²) in [6.07, 6.45) is -0.294. The van der Waals surface area contributed by atoms with Crippen LogP contribution in [-0.4, -0.2) is 41.8 Å². The van der Waals surface area contributed by atoms with Crippen LogP contribution in [0.25, 0.3) is 0 Å². The van der Waals surface area contributed by atoms with Gasteiger partial charge in [0.1, 0.15) is 0 Å². The van der Waals surface area contributed by atoms with Crippen molar-refractivity contribution in [2.75, 3.05) is 19.6 Å². The molecule has 1 heterocycles. The van der Waals surface area contributed by atoms with Gasteiger partial charge in [-0.15, -0.1) is 11.3 Å². The molecule has 4 heteroatoms. The van der Waals surface area contributed by atoms with E-state index < -0.39 is 0 Å². The first-order chi connectivity index (χ1) is 8.11. The van der Waals surface area contributed by atoms with Crippen LogP contribution in [0, 0.1) is 0 Å². The Balaban J connectivity index is 2.30. The Morgan fingerprint density at radius 3 is 2.76 bits per heavy atom. The van der Waals surface area contributed by atoms with E-state index in [-0.39, 0.29) is 6.10 Å². The Morgan fingerprint density at radius 2 is 2.24 bits per heavy atom. The van der Waals surface area contributed by atoms with Gasteiger partial charge in [0.2, 0.25) is 0 Å². The molecule has 1 rings (SSSR count). The third-order valence-electron chi connectivity index (χ3n) is 2.64. The van der Waals surface area contributed by atoms with E-state index in [0.717, 1.165) is 19.6 Å². The Morgan fingerprint density at radius 1 is 1.47 bits per heavy atom. The monoisotopic (exact) mass is 256 g/mol. The van der Waals surface area contributed by atoms with Crippen molar-refractivity contribution in [1.82, 2.24) is 10.2 Å². The minimum Gasteiger partial charge on any atom is -0.390 e. The molecule has 0 aliphatic rings. The van der Waals surface area contributed by atoms with Crippen LogP contribution in [0.1, 0.15) is 25.6 Å². The molecular weight excluding hydrogens is 232 g/mol. The first-order valence-corrected chi connectivity index (χ1v) is 7.16. The summed E-state index contributed by atoms with van der Waals surface area (Å²) >= 11 is 1.77. The highest BCUT2D eigenvalue weighted by Crippen LogP contribution is 2.11. The van der Waals surface area contributed by atoms with Crippen LogP contribution in [0.15, 0.2) is 17.5 Å². The molecule has 1 atom stereocenters. The SMILES string of the molecule is CCN(Cc1cccs1)CC(O)CNC(C)C. The topological polar surface area (TPSA) is 35.5 Å². The quantitative estimate of drug-likeness (QED) is 0.746. The number of rotatable bonds is 8. The molecule has 1 aromatic heterocycles. The predicted molar refractivity (Wildman–Crippen MR) is 74.4 cm³/mol. The molecule has 0 radical (unpaired) electrons. The van der Waals surface area contributed by atoms with Crippen molar-refractivity contribution in [1.29, 1.82) is 0 Å². The molecule has 0 aliphatic carbocycles. The Bertz CT molecular complexity index is 288. The van der Waals surface area contributed by atoms with E-state index in [2.05, 4.69) is 48.5 Å². The molecule has 1 unspecified atom stereocenters. The lowest BCUT2D eigenvalue weighted by atomic mass is 10.3. The van der Waals surface area contributed by atoms with Gasteiger partial charge in [-0.05, 0) is 18.0 Å². The van der Waals surface area contributed by atoms with Gasteiger partial charge in [-0.2, -0.15) is 0 Å². The summed E-state index contributed by atoms with van der Waals surface area (Å²) in [6.45, 7) is 9.62. The lowest BCUT2D eigenvalue weighted by Gasteiger charge is -2.23. The fraction of sp³-hybridized carbons (Fsp3) is 0.692. The minimum absolute atomic E-state index is 0.294. The summed E-state index contributed by atoms with van der Waals surface area (Å²) in [4.78, 5) is 3.63. The van der Waals surface area contributed by atoms with E-state index >= 15 is 0 Å². The van der Waals surface area contributed by atoms with Crippen molar-refractivity contribution in [3.8, 4) is 0 Å². The van der Waals surface area contributed by atoms with Gasteiger partial charge in [0.05, 0.1) is 6.10 Å². The standard InChI is InChI=1S/C13H24N2OS/c1-4-15(10-13-6-5-7-17-13)9-12(16)8-14-11(2)3/h5-7,11-12,14,16H,4,8-10H2,1-3H3. The third kappa shape index (κ3) is 6.17. The van der Waals surface area contributed by atoms with Crippen molar-refractivity contribution in [3.63, 3.8) is 0 Å². The number of hydrogen-bond donors (Lipinski definition) is 2. The summed E-state index contributed by atoms with van der Waals surface area (Å²) in [5.74, 6) is 0. The van der Waals surface area contributed by atoms with Crippen LogP contribution >= 0.6 is 11.3 Å². The summed E-state index contributed by atoms with van der Waals surface area (Å²) < 4.78 is 0. The van der Waals surface area contributed by atoms with Gasteiger partial charge in [-0.1, -0.05) is 26.8 Å². The molecule has 98 valence electrons. The van der Waals surface area contributed by atoms with Gasteiger partial charge in [-0.25, -0.2) is 0 Å². The second-order valence-electron chi connectivity index (χ2n) is 4.62. The van der Waals surface area contributed by atoms with Crippen molar-refractivity contribution in [2.45, 2.75) is 39.5 Å². The highest BCUT2D eigenvalue weighted by Gasteiger charge is 2.11. The average molecular weight is 256 g/mol. The highest BCUT2D eigenvalue weighted by molar-refractivity contribution is 7.09. The fourth-order valence-electron chi connectivity index (χ4n) is 1.66. The molecule has 0 spiro atoms. The normalized spacial score (nSPS) is 13.5. The van der Waals surface area contributed by atoms with E-state index in [9.17, 15) is 5.11 Å². The van der Waals surface area contributed by atoms with E-state index in [1.165, 1.54) is 4.88 Å². The second-order valence-corrected chi connectivity index (χ2v) is 5.66. The van der Waals surface area contributed by atoms with E-state index in [1.807, 2.05) is 0 Å². The predicted octanol–water partition coefficient (Wildman–Crippen LogP) is 1.93. The minimum atomic E-state index is -0.294.